The molecule has 4 nitrogen and oxygen atoms in total. The second-order valence-corrected chi connectivity index (χ2v) is 7.85. The molecular weight excluding hydrogens is 391 g/mol. The number of benzene rings is 2. The van der Waals surface area contributed by atoms with Crippen molar-refractivity contribution in [3.63, 3.8) is 0 Å². The number of methoxy groups -OCH3 is 1. The van der Waals surface area contributed by atoms with Crippen molar-refractivity contribution in [1.82, 2.24) is 0 Å². The molecule has 0 atom stereocenters. The van der Waals surface area contributed by atoms with Gasteiger partial charge in [-0.15, -0.1) is 11.8 Å². The van der Waals surface area contributed by atoms with Crippen molar-refractivity contribution in [3.05, 3.63) is 64.5 Å². The minimum absolute atomic E-state index is 0.113. The van der Waals surface area contributed by atoms with Gasteiger partial charge in [0.05, 0.1) is 13.7 Å². The summed E-state index contributed by atoms with van der Waals surface area (Å²) in [5.74, 6) is -0.0598. The van der Waals surface area contributed by atoms with Gasteiger partial charge in [-0.2, -0.15) is 0 Å². The Labute approximate surface area is 175 Å². The van der Waals surface area contributed by atoms with Gasteiger partial charge in [-0.1, -0.05) is 18.6 Å². The smallest absolute Gasteiger partial charge is 0.341 e. The van der Waals surface area contributed by atoms with E-state index < -0.39 is 5.97 Å². The van der Waals surface area contributed by atoms with E-state index in [-0.39, 0.29) is 17.1 Å². The SMILES string of the molecule is CCCOc1cc(CSc2ccc(F)cc2)c(C(=O)OC)c(O)c1CC=C(C)C. The number of carbonyl (C=O) groups is 1. The number of hydrogen-bond acceptors (Lipinski definition) is 5. The van der Waals surface area contributed by atoms with Crippen molar-refractivity contribution < 1.29 is 23.8 Å². The molecule has 2 aromatic rings. The maximum atomic E-state index is 13.1. The molecule has 0 aliphatic rings. The predicted molar refractivity (Wildman–Crippen MR) is 114 cm³/mol. The summed E-state index contributed by atoms with van der Waals surface area (Å²) < 4.78 is 23.9. The number of phenols is 1. The summed E-state index contributed by atoms with van der Waals surface area (Å²) in [5.41, 5.74) is 2.41. The van der Waals surface area contributed by atoms with Crippen molar-refractivity contribution >= 4 is 17.7 Å². The van der Waals surface area contributed by atoms with E-state index in [9.17, 15) is 14.3 Å². The maximum absolute atomic E-state index is 13.1. The van der Waals surface area contributed by atoms with Crippen molar-refractivity contribution in [2.45, 2.75) is 44.3 Å². The van der Waals surface area contributed by atoms with E-state index in [0.29, 0.717) is 35.7 Å². The Kier molecular flexibility index (Phi) is 8.58. The van der Waals surface area contributed by atoms with Crippen LogP contribution in [0, 0.1) is 5.82 Å². The lowest BCUT2D eigenvalue weighted by Gasteiger charge is -2.18. The monoisotopic (exact) mass is 418 g/mol. The number of ether oxygens (including phenoxy) is 2. The predicted octanol–water partition coefficient (Wildman–Crippen LogP) is 5.91. The summed E-state index contributed by atoms with van der Waals surface area (Å²) in [6, 6.07) is 7.93. The van der Waals surface area contributed by atoms with Crippen LogP contribution < -0.4 is 4.74 Å². The number of halogens is 1. The average Bonchev–Trinajstić information content (AvgIpc) is 2.70. The zero-order valence-corrected chi connectivity index (χ0v) is 18.1. The lowest BCUT2D eigenvalue weighted by Crippen LogP contribution is -2.09. The Morgan fingerprint density at radius 2 is 1.93 bits per heavy atom. The summed E-state index contributed by atoms with van der Waals surface area (Å²) in [6.45, 7) is 6.45. The van der Waals surface area contributed by atoms with Gasteiger partial charge in [0.1, 0.15) is 22.9 Å². The topological polar surface area (TPSA) is 55.8 Å². The highest BCUT2D eigenvalue weighted by molar-refractivity contribution is 7.98. The molecule has 0 aromatic heterocycles. The fourth-order valence-corrected chi connectivity index (χ4v) is 3.60. The molecule has 0 bridgehead atoms. The molecule has 6 heteroatoms. The van der Waals surface area contributed by atoms with Crippen LogP contribution in [-0.4, -0.2) is 24.8 Å². The second kappa shape index (κ2) is 10.9. The van der Waals surface area contributed by atoms with Crippen molar-refractivity contribution in [3.8, 4) is 11.5 Å². The fraction of sp³-hybridized carbons (Fsp3) is 0.348. The first kappa shape index (κ1) is 22.8. The van der Waals surface area contributed by atoms with Gasteiger partial charge in [-0.25, -0.2) is 9.18 Å². The normalized spacial score (nSPS) is 10.5. The van der Waals surface area contributed by atoms with Crippen LogP contribution in [0.2, 0.25) is 0 Å². The summed E-state index contributed by atoms with van der Waals surface area (Å²) in [5, 5.41) is 10.9. The highest BCUT2D eigenvalue weighted by atomic mass is 32.2. The largest absolute Gasteiger partial charge is 0.507 e. The molecule has 0 amide bonds. The zero-order valence-electron chi connectivity index (χ0n) is 17.3. The Morgan fingerprint density at radius 1 is 1.24 bits per heavy atom. The summed E-state index contributed by atoms with van der Waals surface area (Å²) in [7, 11) is 1.29. The lowest BCUT2D eigenvalue weighted by atomic mass is 9.99. The van der Waals surface area contributed by atoms with Gasteiger partial charge in [0, 0.05) is 16.2 Å². The molecule has 0 fully saturated rings. The fourth-order valence-electron chi connectivity index (χ4n) is 2.72. The molecule has 0 heterocycles. The second-order valence-electron chi connectivity index (χ2n) is 6.80. The molecule has 29 heavy (non-hydrogen) atoms. The number of esters is 1. The van der Waals surface area contributed by atoms with Crippen molar-refractivity contribution in [2.24, 2.45) is 0 Å². The van der Waals surface area contributed by atoms with Gasteiger partial charge in [0.2, 0.25) is 0 Å². The third-order valence-corrected chi connectivity index (χ3v) is 5.28. The molecule has 1 N–H and O–H groups in total. The van der Waals surface area contributed by atoms with E-state index >= 15 is 0 Å². The minimum Gasteiger partial charge on any atom is -0.507 e. The van der Waals surface area contributed by atoms with Gasteiger partial charge in [0.25, 0.3) is 0 Å². The van der Waals surface area contributed by atoms with Crippen molar-refractivity contribution in [1.29, 1.82) is 0 Å². The minimum atomic E-state index is -0.599. The first-order valence-electron chi connectivity index (χ1n) is 9.47. The molecule has 0 spiro atoms. The van der Waals surface area contributed by atoms with Crippen LogP contribution in [0.5, 0.6) is 11.5 Å². The highest BCUT2D eigenvalue weighted by Crippen LogP contribution is 2.38. The van der Waals surface area contributed by atoms with Crippen LogP contribution in [0.4, 0.5) is 4.39 Å². The summed E-state index contributed by atoms with van der Waals surface area (Å²) in [6.07, 6.45) is 3.24. The third kappa shape index (κ3) is 6.26. The van der Waals surface area contributed by atoms with Crippen LogP contribution in [-0.2, 0) is 16.9 Å². The van der Waals surface area contributed by atoms with Crippen LogP contribution in [0.3, 0.4) is 0 Å². The quantitative estimate of drug-likeness (QED) is 0.312. The lowest BCUT2D eigenvalue weighted by molar-refractivity contribution is 0.0596. The van der Waals surface area contributed by atoms with Gasteiger partial charge >= 0.3 is 5.97 Å². The molecule has 2 rings (SSSR count). The Bertz CT molecular complexity index is 871. The molecular formula is C23H27FO4S. The molecule has 0 saturated heterocycles. The third-order valence-electron chi connectivity index (χ3n) is 4.22. The van der Waals surface area contributed by atoms with E-state index in [1.54, 1.807) is 18.2 Å². The molecule has 156 valence electrons. The first-order chi connectivity index (χ1) is 13.9. The molecule has 0 saturated carbocycles. The van der Waals surface area contributed by atoms with E-state index in [1.807, 2.05) is 26.8 Å². The van der Waals surface area contributed by atoms with Crippen LogP contribution in [0.1, 0.15) is 48.7 Å². The van der Waals surface area contributed by atoms with Crippen LogP contribution >= 0.6 is 11.8 Å². The summed E-state index contributed by atoms with van der Waals surface area (Å²) >= 11 is 1.44. The Morgan fingerprint density at radius 3 is 2.52 bits per heavy atom. The maximum Gasteiger partial charge on any atom is 0.341 e. The molecule has 0 radical (unpaired) electrons. The molecule has 2 aromatic carbocycles. The average molecular weight is 419 g/mol. The van der Waals surface area contributed by atoms with E-state index in [1.165, 1.54) is 31.0 Å². The van der Waals surface area contributed by atoms with Gasteiger partial charge in [0.15, 0.2) is 0 Å². The number of allylic oxidation sites excluding steroid dienone is 2. The van der Waals surface area contributed by atoms with Gasteiger partial charge in [-0.05, 0) is 62.6 Å². The molecule has 0 unspecified atom stereocenters. The Hall–Kier alpha value is -2.47. The number of phenolic OH excluding ortho intramolecular Hbond substituents is 1. The standard InChI is InChI=1S/C23H27FO4S/c1-5-12-28-20-13-16(14-29-18-9-7-17(24)8-10-18)21(23(26)27-4)22(25)19(20)11-6-15(2)3/h6-10,13,25H,5,11-12,14H2,1-4H3. The van der Waals surface area contributed by atoms with Gasteiger partial charge < -0.3 is 14.6 Å². The van der Waals surface area contributed by atoms with Gasteiger partial charge in [-0.3, -0.25) is 0 Å². The van der Waals surface area contributed by atoms with E-state index in [4.69, 9.17) is 9.47 Å². The number of hydrogen-bond donors (Lipinski definition) is 1. The first-order valence-corrected chi connectivity index (χ1v) is 10.5. The number of carbonyl (C=O) groups excluding carboxylic acids is 1. The molecule has 0 aliphatic heterocycles. The Balaban J connectivity index is 2.48. The number of rotatable bonds is 9. The molecule has 0 aliphatic carbocycles. The van der Waals surface area contributed by atoms with E-state index in [2.05, 4.69) is 0 Å². The van der Waals surface area contributed by atoms with Crippen LogP contribution in [0.15, 0.2) is 46.9 Å². The summed E-state index contributed by atoms with van der Waals surface area (Å²) in [4.78, 5) is 13.3. The number of thioether (sulfide) groups is 1. The van der Waals surface area contributed by atoms with E-state index in [0.717, 1.165) is 16.9 Å². The highest BCUT2D eigenvalue weighted by Gasteiger charge is 2.24. The zero-order chi connectivity index (χ0) is 21.4. The van der Waals surface area contributed by atoms with Crippen LogP contribution in [0.25, 0.3) is 0 Å². The van der Waals surface area contributed by atoms with Crippen molar-refractivity contribution in [2.75, 3.05) is 13.7 Å². The number of aromatic hydroxyl groups is 1.